The van der Waals surface area contributed by atoms with Crippen LogP contribution in [-0.4, -0.2) is 78.1 Å². The van der Waals surface area contributed by atoms with Crippen LogP contribution in [0, 0.1) is 0 Å². The van der Waals surface area contributed by atoms with Crippen molar-refractivity contribution in [1.29, 1.82) is 0 Å². The number of carbonyl (C=O) groups excluding carboxylic acids is 3. The molecule has 2 fully saturated rings. The number of rotatable bonds is 6. The summed E-state index contributed by atoms with van der Waals surface area (Å²) < 4.78 is 0. The molecule has 0 bridgehead atoms. The van der Waals surface area contributed by atoms with Gasteiger partial charge in [0.1, 0.15) is 12.6 Å². The standard InChI is InChI=1S/C24H28N4O4/c1-18(21(30)27-14-12-26(13-15-27)16-17-29)28-22(31)24(25-23(28)32,19-8-4-2-5-9-19)20-10-6-3-7-11-20/h2-11,18,29H,12-17H2,1H3,(H,25,32)/p+1/t18-/m1/s1. The fourth-order valence-corrected chi connectivity index (χ4v) is 4.66. The van der Waals surface area contributed by atoms with Crippen molar-refractivity contribution in [2.24, 2.45) is 0 Å². The lowest BCUT2D eigenvalue weighted by molar-refractivity contribution is -0.904. The number of nitrogens with one attached hydrogen (secondary N) is 2. The summed E-state index contributed by atoms with van der Waals surface area (Å²) in [6.07, 6.45) is 0. The van der Waals surface area contributed by atoms with E-state index in [4.69, 9.17) is 5.11 Å². The highest BCUT2D eigenvalue weighted by Gasteiger charge is 2.56. The number of amides is 4. The number of nitrogens with zero attached hydrogens (tertiary/aromatic N) is 2. The van der Waals surface area contributed by atoms with Gasteiger partial charge in [-0.05, 0) is 18.1 Å². The fraction of sp³-hybridized carbons (Fsp3) is 0.375. The largest absolute Gasteiger partial charge is 0.391 e. The Bertz CT molecular complexity index is 935. The minimum Gasteiger partial charge on any atom is -0.391 e. The van der Waals surface area contributed by atoms with E-state index in [1.807, 2.05) is 60.7 Å². The molecule has 2 aromatic carbocycles. The van der Waals surface area contributed by atoms with E-state index in [1.54, 1.807) is 11.8 Å². The smallest absolute Gasteiger partial charge is 0.326 e. The van der Waals surface area contributed by atoms with Crippen molar-refractivity contribution >= 4 is 17.8 Å². The third kappa shape index (κ3) is 3.76. The van der Waals surface area contributed by atoms with Gasteiger partial charge in [0, 0.05) is 0 Å². The molecule has 0 unspecified atom stereocenters. The number of carbonyl (C=O) groups is 3. The lowest BCUT2D eigenvalue weighted by Crippen LogP contribution is -3.15. The van der Waals surface area contributed by atoms with Gasteiger partial charge in [0.2, 0.25) is 5.91 Å². The van der Waals surface area contributed by atoms with E-state index in [9.17, 15) is 14.4 Å². The second kappa shape index (κ2) is 9.10. The number of piperazine rings is 1. The van der Waals surface area contributed by atoms with Crippen LogP contribution in [0.15, 0.2) is 60.7 Å². The van der Waals surface area contributed by atoms with Crippen LogP contribution in [0.2, 0.25) is 0 Å². The summed E-state index contributed by atoms with van der Waals surface area (Å²) in [7, 11) is 0. The highest BCUT2D eigenvalue weighted by atomic mass is 16.3. The summed E-state index contributed by atoms with van der Waals surface area (Å²) >= 11 is 0. The molecule has 0 radical (unpaired) electrons. The van der Waals surface area contributed by atoms with Crippen molar-refractivity contribution in [1.82, 2.24) is 15.1 Å². The Kier molecular flexibility index (Phi) is 6.25. The molecular weight excluding hydrogens is 408 g/mol. The van der Waals surface area contributed by atoms with E-state index in [-0.39, 0.29) is 12.5 Å². The van der Waals surface area contributed by atoms with Crippen LogP contribution in [0.5, 0.6) is 0 Å². The summed E-state index contributed by atoms with van der Waals surface area (Å²) in [4.78, 5) is 44.2. The molecule has 2 aliphatic rings. The maximum absolute atomic E-state index is 13.8. The third-order valence-electron chi connectivity index (χ3n) is 6.46. The molecule has 32 heavy (non-hydrogen) atoms. The van der Waals surface area contributed by atoms with Gasteiger partial charge in [-0.3, -0.25) is 9.59 Å². The number of benzene rings is 2. The average Bonchev–Trinajstić information content (AvgIpc) is 3.11. The first-order valence-electron chi connectivity index (χ1n) is 11.0. The van der Waals surface area contributed by atoms with Crippen molar-refractivity contribution in [3.63, 3.8) is 0 Å². The summed E-state index contributed by atoms with van der Waals surface area (Å²) in [5, 5.41) is 12.0. The van der Waals surface area contributed by atoms with Crippen LogP contribution < -0.4 is 10.2 Å². The zero-order chi connectivity index (χ0) is 22.7. The van der Waals surface area contributed by atoms with Crippen molar-refractivity contribution in [2.75, 3.05) is 39.3 Å². The Labute approximate surface area is 187 Å². The summed E-state index contributed by atoms with van der Waals surface area (Å²) in [6, 6.07) is 16.7. The molecule has 4 amide bonds. The molecule has 2 saturated heterocycles. The first kappa shape index (κ1) is 22.0. The number of imide groups is 1. The number of aliphatic hydroxyl groups excluding tert-OH is 1. The summed E-state index contributed by atoms with van der Waals surface area (Å²) in [5.41, 5.74) is -0.0844. The first-order valence-corrected chi connectivity index (χ1v) is 11.0. The number of aliphatic hydroxyl groups is 1. The van der Waals surface area contributed by atoms with Crippen LogP contribution in [0.3, 0.4) is 0 Å². The molecule has 0 aliphatic carbocycles. The predicted molar refractivity (Wildman–Crippen MR) is 118 cm³/mol. The molecule has 0 saturated carbocycles. The van der Waals surface area contributed by atoms with Gasteiger partial charge >= 0.3 is 6.03 Å². The molecule has 0 aromatic heterocycles. The lowest BCUT2D eigenvalue weighted by atomic mass is 9.82. The average molecular weight is 438 g/mol. The van der Waals surface area contributed by atoms with Crippen LogP contribution in [0.1, 0.15) is 18.1 Å². The Balaban J connectivity index is 1.62. The number of quaternary nitrogens is 1. The number of hydrogen-bond acceptors (Lipinski definition) is 4. The van der Waals surface area contributed by atoms with E-state index in [0.717, 1.165) is 18.0 Å². The molecular formula is C24H29N4O4+. The van der Waals surface area contributed by atoms with Gasteiger partial charge in [-0.1, -0.05) is 60.7 Å². The third-order valence-corrected chi connectivity index (χ3v) is 6.46. The van der Waals surface area contributed by atoms with E-state index in [1.165, 1.54) is 4.90 Å². The molecule has 2 aromatic rings. The molecule has 2 heterocycles. The van der Waals surface area contributed by atoms with E-state index >= 15 is 0 Å². The molecule has 1 atom stereocenters. The fourth-order valence-electron chi connectivity index (χ4n) is 4.66. The van der Waals surface area contributed by atoms with Gasteiger partial charge < -0.3 is 20.2 Å². The topological polar surface area (TPSA) is 94.4 Å². The molecule has 8 nitrogen and oxygen atoms in total. The molecule has 0 spiro atoms. The van der Waals surface area contributed by atoms with E-state index in [2.05, 4.69) is 5.32 Å². The van der Waals surface area contributed by atoms with E-state index in [0.29, 0.717) is 30.8 Å². The van der Waals surface area contributed by atoms with Crippen LogP contribution in [0.25, 0.3) is 0 Å². The maximum Gasteiger partial charge on any atom is 0.326 e. The Morgan fingerprint density at radius 2 is 1.56 bits per heavy atom. The van der Waals surface area contributed by atoms with Gasteiger partial charge in [0.25, 0.3) is 5.91 Å². The minimum atomic E-state index is -1.38. The minimum absolute atomic E-state index is 0.114. The maximum atomic E-state index is 13.8. The van der Waals surface area contributed by atoms with Crippen molar-refractivity contribution in [3.05, 3.63) is 71.8 Å². The zero-order valence-electron chi connectivity index (χ0n) is 18.2. The second-order valence-corrected chi connectivity index (χ2v) is 8.31. The highest BCUT2D eigenvalue weighted by Crippen LogP contribution is 2.36. The quantitative estimate of drug-likeness (QED) is 0.536. The Morgan fingerprint density at radius 3 is 2.06 bits per heavy atom. The van der Waals surface area contributed by atoms with Crippen LogP contribution in [0.4, 0.5) is 4.79 Å². The van der Waals surface area contributed by atoms with Gasteiger partial charge in [-0.25, -0.2) is 9.69 Å². The molecule has 168 valence electrons. The Hall–Kier alpha value is -3.23. The monoisotopic (exact) mass is 437 g/mol. The molecule has 4 rings (SSSR count). The predicted octanol–water partition coefficient (Wildman–Crippen LogP) is -0.410. The highest BCUT2D eigenvalue weighted by molar-refractivity contribution is 6.12. The molecule has 8 heteroatoms. The number of urea groups is 1. The lowest BCUT2D eigenvalue weighted by Gasteiger charge is -2.35. The van der Waals surface area contributed by atoms with Crippen LogP contribution >= 0.6 is 0 Å². The van der Waals surface area contributed by atoms with Crippen LogP contribution in [-0.2, 0) is 15.1 Å². The van der Waals surface area contributed by atoms with Gasteiger partial charge in [0.05, 0.1) is 32.8 Å². The summed E-state index contributed by atoms with van der Waals surface area (Å²) in [5.74, 6) is -0.696. The van der Waals surface area contributed by atoms with Gasteiger partial charge in [-0.2, -0.15) is 0 Å². The molecule has 2 aliphatic heterocycles. The van der Waals surface area contributed by atoms with Gasteiger partial charge in [0.15, 0.2) is 5.54 Å². The number of hydrogen-bond donors (Lipinski definition) is 3. The van der Waals surface area contributed by atoms with Crippen molar-refractivity contribution in [3.8, 4) is 0 Å². The molecule has 3 N–H and O–H groups in total. The van der Waals surface area contributed by atoms with Crippen molar-refractivity contribution < 1.29 is 24.4 Å². The van der Waals surface area contributed by atoms with Gasteiger partial charge in [-0.15, -0.1) is 0 Å². The van der Waals surface area contributed by atoms with E-state index < -0.39 is 23.5 Å². The first-order chi connectivity index (χ1) is 15.5. The Morgan fingerprint density at radius 1 is 1.03 bits per heavy atom. The zero-order valence-corrected chi connectivity index (χ0v) is 18.2. The summed E-state index contributed by atoms with van der Waals surface area (Å²) in [6.45, 7) is 4.91. The second-order valence-electron chi connectivity index (χ2n) is 8.31. The SMILES string of the molecule is C[C@H](C(=O)N1CC[NH+](CCO)CC1)N1C(=O)NC(c2ccccc2)(c2ccccc2)C1=O. The normalized spacial score (nSPS) is 19.7. The van der Waals surface area contributed by atoms with Crippen molar-refractivity contribution in [2.45, 2.75) is 18.5 Å².